The summed E-state index contributed by atoms with van der Waals surface area (Å²) in [5.74, 6) is 0. The summed E-state index contributed by atoms with van der Waals surface area (Å²) >= 11 is 1.44. The molecule has 0 aliphatic rings. The maximum atomic E-state index is 5.50. The summed E-state index contributed by atoms with van der Waals surface area (Å²) in [6.07, 6.45) is 2.01. The third kappa shape index (κ3) is 1.74. The molecule has 0 saturated heterocycles. The average molecular weight is 180 g/mol. The molecule has 12 heavy (non-hydrogen) atoms. The van der Waals surface area contributed by atoms with Crippen LogP contribution in [0.1, 0.15) is 19.5 Å². The highest BCUT2D eigenvalue weighted by Crippen LogP contribution is 2.23. The molecule has 3 heteroatoms. The Morgan fingerprint density at radius 1 is 1.75 bits per heavy atom. The lowest BCUT2D eigenvalue weighted by Gasteiger charge is -1.99. The molecule has 0 atom stereocenters. The molecule has 1 aromatic rings. The molecule has 0 aliphatic carbocycles. The summed E-state index contributed by atoms with van der Waals surface area (Å²) < 4.78 is 0. The molecule has 2 nitrogen and oxygen atoms in total. The highest BCUT2D eigenvalue weighted by atomic mass is 32.1. The smallest absolute Gasteiger partial charge is 0.180 e. The van der Waals surface area contributed by atoms with Crippen molar-refractivity contribution in [2.75, 3.05) is 5.73 Å². The number of aromatic nitrogens is 1. The van der Waals surface area contributed by atoms with Crippen LogP contribution in [0.25, 0.3) is 5.57 Å². The summed E-state index contributed by atoms with van der Waals surface area (Å²) in [6.45, 7) is 7.92. The lowest BCUT2D eigenvalue weighted by atomic mass is 10.1. The summed E-state index contributed by atoms with van der Waals surface area (Å²) in [6, 6.07) is 0. The second kappa shape index (κ2) is 3.54. The van der Waals surface area contributed by atoms with Gasteiger partial charge in [0.15, 0.2) is 5.13 Å². The van der Waals surface area contributed by atoms with Crippen molar-refractivity contribution < 1.29 is 0 Å². The summed E-state index contributed by atoms with van der Waals surface area (Å²) in [5, 5.41) is 2.51. The number of allylic oxidation sites excluding steroid dienone is 3. The van der Waals surface area contributed by atoms with Crippen molar-refractivity contribution in [3.63, 3.8) is 0 Å². The first-order valence-electron chi connectivity index (χ1n) is 3.68. The Bertz CT molecular complexity index is 323. The van der Waals surface area contributed by atoms with Gasteiger partial charge in [-0.05, 0) is 25.0 Å². The van der Waals surface area contributed by atoms with Crippen LogP contribution in [0.5, 0.6) is 0 Å². The van der Waals surface area contributed by atoms with Crippen LogP contribution < -0.4 is 5.73 Å². The van der Waals surface area contributed by atoms with Gasteiger partial charge in [0.05, 0.1) is 5.69 Å². The Kier molecular flexibility index (Phi) is 2.65. The number of nitrogen functional groups attached to an aromatic ring is 1. The SMILES string of the molecule is C=C(/C(C)=C\C)c1csc(N)n1. The van der Waals surface area contributed by atoms with E-state index in [0.29, 0.717) is 5.13 Å². The summed E-state index contributed by atoms with van der Waals surface area (Å²) in [5.41, 5.74) is 8.48. The second-order valence-corrected chi connectivity index (χ2v) is 3.41. The van der Waals surface area contributed by atoms with Gasteiger partial charge in [-0.25, -0.2) is 4.98 Å². The van der Waals surface area contributed by atoms with Crippen molar-refractivity contribution in [1.29, 1.82) is 0 Å². The van der Waals surface area contributed by atoms with E-state index < -0.39 is 0 Å². The lowest BCUT2D eigenvalue weighted by molar-refractivity contribution is 1.34. The molecule has 1 aromatic heterocycles. The minimum atomic E-state index is 0.593. The molecule has 0 amide bonds. The van der Waals surface area contributed by atoms with Gasteiger partial charge in [-0.2, -0.15) is 0 Å². The topological polar surface area (TPSA) is 38.9 Å². The molecule has 0 aliphatic heterocycles. The van der Waals surface area contributed by atoms with E-state index in [1.165, 1.54) is 11.3 Å². The van der Waals surface area contributed by atoms with Crippen LogP contribution in [0.3, 0.4) is 0 Å². The van der Waals surface area contributed by atoms with Crippen molar-refractivity contribution in [1.82, 2.24) is 4.98 Å². The Labute approximate surface area is 76.4 Å². The first-order valence-corrected chi connectivity index (χ1v) is 4.56. The van der Waals surface area contributed by atoms with E-state index in [2.05, 4.69) is 11.6 Å². The Morgan fingerprint density at radius 2 is 2.42 bits per heavy atom. The predicted octanol–water partition coefficient (Wildman–Crippen LogP) is 2.70. The van der Waals surface area contributed by atoms with Crippen LogP contribution in [-0.2, 0) is 0 Å². The van der Waals surface area contributed by atoms with Gasteiger partial charge >= 0.3 is 0 Å². The third-order valence-corrected chi connectivity index (χ3v) is 2.41. The van der Waals surface area contributed by atoms with Gasteiger partial charge in [0, 0.05) is 5.38 Å². The Hall–Kier alpha value is -1.09. The molecule has 0 aromatic carbocycles. The minimum absolute atomic E-state index is 0.593. The van der Waals surface area contributed by atoms with Crippen LogP contribution in [0.4, 0.5) is 5.13 Å². The first-order chi connectivity index (χ1) is 5.65. The standard InChI is InChI=1S/C9H12N2S/c1-4-6(2)7(3)8-5-12-9(10)11-8/h4-5H,3H2,1-2H3,(H2,10,11)/b6-4-. The van der Waals surface area contributed by atoms with Gasteiger partial charge in [-0.15, -0.1) is 11.3 Å². The Morgan fingerprint density at radius 3 is 2.83 bits per heavy atom. The van der Waals surface area contributed by atoms with Crippen molar-refractivity contribution >= 4 is 22.0 Å². The van der Waals surface area contributed by atoms with Crippen LogP contribution in [0.15, 0.2) is 23.6 Å². The van der Waals surface area contributed by atoms with E-state index in [-0.39, 0.29) is 0 Å². The molecule has 0 saturated carbocycles. The van der Waals surface area contributed by atoms with E-state index >= 15 is 0 Å². The molecular formula is C9H12N2S. The average Bonchev–Trinajstić information content (AvgIpc) is 2.49. The maximum absolute atomic E-state index is 5.50. The quantitative estimate of drug-likeness (QED) is 0.711. The van der Waals surface area contributed by atoms with Gasteiger partial charge in [0.25, 0.3) is 0 Å². The van der Waals surface area contributed by atoms with Crippen LogP contribution in [0.2, 0.25) is 0 Å². The third-order valence-electron chi connectivity index (χ3n) is 1.74. The summed E-state index contributed by atoms with van der Waals surface area (Å²) in [7, 11) is 0. The maximum Gasteiger partial charge on any atom is 0.180 e. The zero-order chi connectivity index (χ0) is 9.14. The molecular weight excluding hydrogens is 168 g/mol. The highest BCUT2D eigenvalue weighted by Gasteiger charge is 2.03. The fraction of sp³-hybridized carbons (Fsp3) is 0.222. The second-order valence-electron chi connectivity index (χ2n) is 2.52. The number of nitrogens with two attached hydrogens (primary N) is 1. The fourth-order valence-electron chi connectivity index (χ4n) is 0.802. The summed E-state index contributed by atoms with van der Waals surface area (Å²) in [4.78, 5) is 4.14. The van der Waals surface area contributed by atoms with Gasteiger partial charge in [-0.1, -0.05) is 12.7 Å². The van der Waals surface area contributed by atoms with Crippen molar-refractivity contribution in [2.45, 2.75) is 13.8 Å². The molecule has 0 radical (unpaired) electrons. The number of hydrogen-bond acceptors (Lipinski definition) is 3. The van der Waals surface area contributed by atoms with Crippen molar-refractivity contribution in [2.24, 2.45) is 0 Å². The lowest BCUT2D eigenvalue weighted by Crippen LogP contribution is -1.87. The molecule has 1 heterocycles. The van der Waals surface area contributed by atoms with Crippen molar-refractivity contribution in [3.8, 4) is 0 Å². The zero-order valence-corrected chi connectivity index (χ0v) is 8.11. The number of rotatable bonds is 2. The van der Waals surface area contributed by atoms with E-state index in [9.17, 15) is 0 Å². The monoisotopic (exact) mass is 180 g/mol. The largest absolute Gasteiger partial charge is 0.375 e. The normalized spacial score (nSPS) is 11.7. The van der Waals surface area contributed by atoms with E-state index in [4.69, 9.17) is 5.73 Å². The minimum Gasteiger partial charge on any atom is -0.375 e. The number of anilines is 1. The molecule has 0 fully saturated rings. The molecule has 2 N–H and O–H groups in total. The molecule has 0 bridgehead atoms. The van der Waals surface area contributed by atoms with Gasteiger partial charge in [0.2, 0.25) is 0 Å². The van der Waals surface area contributed by atoms with Crippen LogP contribution >= 0.6 is 11.3 Å². The van der Waals surface area contributed by atoms with Gasteiger partial charge in [0.1, 0.15) is 0 Å². The van der Waals surface area contributed by atoms with Crippen LogP contribution in [-0.4, -0.2) is 4.98 Å². The molecule has 1 rings (SSSR count). The van der Waals surface area contributed by atoms with Gasteiger partial charge in [-0.3, -0.25) is 0 Å². The van der Waals surface area contributed by atoms with E-state index in [1.807, 2.05) is 25.3 Å². The molecule has 64 valence electrons. The highest BCUT2D eigenvalue weighted by molar-refractivity contribution is 7.13. The van der Waals surface area contributed by atoms with Crippen molar-refractivity contribution in [3.05, 3.63) is 29.3 Å². The zero-order valence-electron chi connectivity index (χ0n) is 7.29. The van der Waals surface area contributed by atoms with E-state index in [1.54, 1.807) is 0 Å². The first kappa shape index (κ1) is 9.00. The predicted molar refractivity (Wildman–Crippen MR) is 55.0 cm³/mol. The van der Waals surface area contributed by atoms with Crippen LogP contribution in [0, 0.1) is 0 Å². The number of hydrogen-bond donors (Lipinski definition) is 1. The number of nitrogens with zero attached hydrogens (tertiary/aromatic N) is 1. The number of thiazole rings is 1. The molecule has 0 unspecified atom stereocenters. The fourth-order valence-corrected chi connectivity index (χ4v) is 1.38. The van der Waals surface area contributed by atoms with E-state index in [0.717, 1.165) is 16.8 Å². The molecule has 0 spiro atoms. The Balaban J connectivity index is 2.93. The van der Waals surface area contributed by atoms with Gasteiger partial charge < -0.3 is 5.73 Å².